The molecular formula is C28H32FN5O. The third-order valence-electron chi connectivity index (χ3n) is 7.03. The molecule has 2 aliphatic heterocycles. The second kappa shape index (κ2) is 11.0. The average molecular weight is 474 g/mol. The molecule has 2 aromatic heterocycles. The summed E-state index contributed by atoms with van der Waals surface area (Å²) in [5, 5.41) is 3.03. The second-order valence-electron chi connectivity index (χ2n) is 9.51. The van der Waals surface area contributed by atoms with Gasteiger partial charge in [-0.3, -0.25) is 14.7 Å². The van der Waals surface area contributed by atoms with E-state index in [1.165, 1.54) is 44.0 Å². The molecule has 1 amide bonds. The van der Waals surface area contributed by atoms with Crippen molar-refractivity contribution < 1.29 is 9.18 Å². The number of carbonyl (C=O) groups excluding carboxylic acids is 1. The molecular weight excluding hydrogens is 441 g/mol. The summed E-state index contributed by atoms with van der Waals surface area (Å²) in [6.07, 6.45) is 10.8. The van der Waals surface area contributed by atoms with Crippen LogP contribution < -0.4 is 10.2 Å². The van der Waals surface area contributed by atoms with E-state index in [2.05, 4.69) is 32.2 Å². The first-order chi connectivity index (χ1) is 17.2. The largest absolute Gasteiger partial charge is 0.356 e. The SMILES string of the molecule is O=C(NC1CCN(c2ccc(CN3CCCCC3)cn2)CC1)c1cccc(-c2cccnc2)c1F. The Labute approximate surface area is 206 Å². The highest BCUT2D eigenvalue weighted by molar-refractivity contribution is 5.96. The van der Waals surface area contributed by atoms with Crippen LogP contribution in [0, 0.1) is 5.82 Å². The van der Waals surface area contributed by atoms with Crippen LogP contribution in [-0.2, 0) is 6.54 Å². The minimum Gasteiger partial charge on any atom is -0.356 e. The molecule has 0 spiro atoms. The summed E-state index contributed by atoms with van der Waals surface area (Å²) in [5.41, 5.74) is 2.37. The zero-order valence-corrected chi connectivity index (χ0v) is 20.0. The van der Waals surface area contributed by atoms with Crippen molar-refractivity contribution >= 4 is 11.7 Å². The van der Waals surface area contributed by atoms with Crippen LogP contribution in [0.2, 0.25) is 0 Å². The van der Waals surface area contributed by atoms with E-state index in [0.29, 0.717) is 11.1 Å². The predicted octanol–water partition coefficient (Wildman–Crippen LogP) is 4.67. The smallest absolute Gasteiger partial charge is 0.254 e. The van der Waals surface area contributed by atoms with E-state index in [4.69, 9.17) is 4.98 Å². The Kier molecular flexibility index (Phi) is 7.33. The molecule has 2 fully saturated rings. The summed E-state index contributed by atoms with van der Waals surface area (Å²) >= 11 is 0. The maximum atomic E-state index is 15.1. The van der Waals surface area contributed by atoms with Crippen LogP contribution in [0.3, 0.4) is 0 Å². The van der Waals surface area contributed by atoms with Gasteiger partial charge in [-0.1, -0.05) is 30.7 Å². The molecule has 1 aromatic carbocycles. The third-order valence-corrected chi connectivity index (χ3v) is 7.03. The number of piperidine rings is 2. The molecule has 0 aliphatic carbocycles. The molecule has 2 aliphatic rings. The van der Waals surface area contributed by atoms with Crippen LogP contribution in [0.4, 0.5) is 10.2 Å². The minimum absolute atomic E-state index is 0.0126. The molecule has 6 nitrogen and oxygen atoms in total. The zero-order valence-electron chi connectivity index (χ0n) is 20.0. The van der Waals surface area contributed by atoms with Crippen LogP contribution in [0.1, 0.15) is 48.0 Å². The van der Waals surface area contributed by atoms with Crippen molar-refractivity contribution in [2.45, 2.75) is 44.7 Å². The Morgan fingerprint density at radius 3 is 2.51 bits per heavy atom. The summed E-state index contributed by atoms with van der Waals surface area (Å²) in [6, 6.07) is 12.8. The molecule has 35 heavy (non-hydrogen) atoms. The summed E-state index contributed by atoms with van der Waals surface area (Å²) in [6.45, 7) is 4.94. The number of benzene rings is 1. The Balaban J connectivity index is 1.15. The van der Waals surface area contributed by atoms with Gasteiger partial charge < -0.3 is 10.2 Å². The summed E-state index contributed by atoms with van der Waals surface area (Å²) in [7, 11) is 0. The fourth-order valence-corrected chi connectivity index (χ4v) is 5.04. The van der Waals surface area contributed by atoms with E-state index in [-0.39, 0.29) is 17.5 Å². The fourth-order valence-electron chi connectivity index (χ4n) is 5.04. The standard InChI is InChI=1S/C28H32FN5O/c29-27-24(22-6-5-13-30-19-22)7-4-8-25(27)28(35)32-23-11-16-34(17-12-23)26-10-9-21(18-31-26)20-33-14-2-1-3-15-33/h4-10,13,18-19,23H,1-3,11-12,14-17,20H2,(H,32,35). The number of anilines is 1. The lowest BCUT2D eigenvalue weighted by Gasteiger charge is -2.33. The van der Waals surface area contributed by atoms with Crippen molar-refractivity contribution in [3.8, 4) is 11.1 Å². The van der Waals surface area contributed by atoms with Crippen molar-refractivity contribution in [2.24, 2.45) is 0 Å². The number of likely N-dealkylation sites (tertiary alicyclic amines) is 1. The van der Waals surface area contributed by atoms with Gasteiger partial charge in [-0.2, -0.15) is 0 Å². The van der Waals surface area contributed by atoms with Crippen LogP contribution >= 0.6 is 0 Å². The predicted molar refractivity (Wildman–Crippen MR) is 136 cm³/mol. The number of nitrogens with zero attached hydrogens (tertiary/aromatic N) is 4. The molecule has 182 valence electrons. The lowest BCUT2D eigenvalue weighted by Crippen LogP contribution is -2.45. The molecule has 2 saturated heterocycles. The number of rotatable bonds is 6. The van der Waals surface area contributed by atoms with E-state index in [9.17, 15) is 4.79 Å². The Morgan fingerprint density at radius 2 is 1.80 bits per heavy atom. The first kappa shape index (κ1) is 23.4. The molecule has 5 rings (SSSR count). The number of halogens is 1. The number of nitrogens with one attached hydrogen (secondary N) is 1. The van der Waals surface area contributed by atoms with Crippen LogP contribution in [0.15, 0.2) is 61.1 Å². The van der Waals surface area contributed by atoms with Crippen molar-refractivity contribution in [2.75, 3.05) is 31.1 Å². The molecule has 4 heterocycles. The molecule has 1 N–H and O–H groups in total. The average Bonchev–Trinajstić information content (AvgIpc) is 2.91. The number of hydrogen-bond donors (Lipinski definition) is 1. The molecule has 0 radical (unpaired) electrons. The summed E-state index contributed by atoms with van der Waals surface area (Å²) in [4.78, 5) is 26.4. The van der Waals surface area contributed by atoms with Crippen LogP contribution in [0.5, 0.6) is 0 Å². The first-order valence-electron chi connectivity index (χ1n) is 12.6. The van der Waals surface area contributed by atoms with E-state index in [1.807, 2.05) is 6.20 Å². The minimum atomic E-state index is -0.510. The zero-order chi connectivity index (χ0) is 24.0. The van der Waals surface area contributed by atoms with Gasteiger partial charge in [0.2, 0.25) is 0 Å². The van der Waals surface area contributed by atoms with Gasteiger partial charge in [-0.15, -0.1) is 0 Å². The highest BCUT2D eigenvalue weighted by Gasteiger charge is 2.24. The quantitative estimate of drug-likeness (QED) is 0.564. The Bertz CT molecular complexity index is 1120. The first-order valence-corrected chi connectivity index (χ1v) is 12.6. The molecule has 0 unspecified atom stereocenters. The van der Waals surface area contributed by atoms with Crippen molar-refractivity contribution in [1.29, 1.82) is 0 Å². The van der Waals surface area contributed by atoms with Gasteiger partial charge in [-0.05, 0) is 62.5 Å². The fraction of sp³-hybridized carbons (Fsp3) is 0.393. The number of carbonyl (C=O) groups is 1. The summed E-state index contributed by atoms with van der Waals surface area (Å²) in [5.74, 6) is 0.101. The van der Waals surface area contributed by atoms with Crippen molar-refractivity contribution in [1.82, 2.24) is 20.2 Å². The third kappa shape index (κ3) is 5.68. The van der Waals surface area contributed by atoms with Gasteiger partial charge in [0.05, 0.1) is 5.56 Å². The van der Waals surface area contributed by atoms with Crippen LogP contribution in [0.25, 0.3) is 11.1 Å². The second-order valence-corrected chi connectivity index (χ2v) is 9.51. The van der Waals surface area contributed by atoms with Gasteiger partial charge in [0.15, 0.2) is 0 Å². The van der Waals surface area contributed by atoms with E-state index < -0.39 is 5.82 Å². The van der Waals surface area contributed by atoms with Crippen LogP contribution in [-0.4, -0.2) is 53.0 Å². The Hall–Kier alpha value is -3.32. The number of hydrogen-bond acceptors (Lipinski definition) is 5. The highest BCUT2D eigenvalue weighted by atomic mass is 19.1. The topological polar surface area (TPSA) is 61.4 Å². The normalized spacial score (nSPS) is 17.3. The number of amides is 1. The lowest BCUT2D eigenvalue weighted by atomic mass is 10.0. The van der Waals surface area contributed by atoms with Gasteiger partial charge in [0.25, 0.3) is 5.91 Å². The maximum absolute atomic E-state index is 15.1. The monoisotopic (exact) mass is 473 g/mol. The number of aromatic nitrogens is 2. The Morgan fingerprint density at radius 1 is 0.971 bits per heavy atom. The molecule has 0 atom stereocenters. The molecule has 0 saturated carbocycles. The highest BCUT2D eigenvalue weighted by Crippen LogP contribution is 2.25. The lowest BCUT2D eigenvalue weighted by molar-refractivity contribution is 0.0927. The van der Waals surface area contributed by atoms with Gasteiger partial charge in [-0.25, -0.2) is 9.37 Å². The molecule has 0 bridgehead atoms. The van der Waals surface area contributed by atoms with Crippen molar-refractivity contribution in [3.63, 3.8) is 0 Å². The van der Waals surface area contributed by atoms with Gasteiger partial charge in [0.1, 0.15) is 11.6 Å². The van der Waals surface area contributed by atoms with Gasteiger partial charge >= 0.3 is 0 Å². The molecule has 3 aromatic rings. The van der Waals surface area contributed by atoms with E-state index >= 15 is 4.39 Å². The van der Waals surface area contributed by atoms with Crippen molar-refractivity contribution in [3.05, 3.63) is 78.0 Å². The van der Waals surface area contributed by atoms with E-state index in [0.717, 1.165) is 38.3 Å². The van der Waals surface area contributed by atoms with Gasteiger partial charge in [0, 0.05) is 55.4 Å². The summed E-state index contributed by atoms with van der Waals surface area (Å²) < 4.78 is 15.1. The van der Waals surface area contributed by atoms with E-state index in [1.54, 1.807) is 36.7 Å². The molecule has 7 heteroatoms. The maximum Gasteiger partial charge on any atom is 0.254 e. The number of pyridine rings is 2.